The number of nitrogens with zero attached hydrogens (tertiary/aromatic N) is 1. The van der Waals surface area contributed by atoms with Crippen LogP contribution in [0.4, 0.5) is 0 Å². The molecule has 1 aliphatic heterocycles. The van der Waals surface area contributed by atoms with Crippen LogP contribution < -0.4 is 9.47 Å². The Bertz CT molecular complexity index is 658. The van der Waals surface area contributed by atoms with E-state index in [1.165, 1.54) is 11.3 Å². The Labute approximate surface area is 135 Å². The van der Waals surface area contributed by atoms with Gasteiger partial charge in [-0.2, -0.15) is 0 Å². The molecule has 1 aliphatic rings. The van der Waals surface area contributed by atoms with E-state index in [4.69, 9.17) is 9.47 Å². The predicted molar refractivity (Wildman–Crippen MR) is 85.3 cm³/mol. The van der Waals surface area contributed by atoms with Gasteiger partial charge in [0.2, 0.25) is 0 Å². The van der Waals surface area contributed by atoms with Crippen molar-refractivity contribution < 1.29 is 14.3 Å². The van der Waals surface area contributed by atoms with Crippen LogP contribution in [-0.4, -0.2) is 37.1 Å². The second kappa shape index (κ2) is 6.07. The smallest absolute Gasteiger partial charge is 0.263 e. The van der Waals surface area contributed by atoms with Gasteiger partial charge in [0.1, 0.15) is 6.61 Å². The molecule has 1 aromatic heterocycles. The molecule has 6 heteroatoms. The molecule has 0 spiro atoms. The third-order valence-electron chi connectivity index (χ3n) is 3.18. The normalized spacial score (nSPS) is 16.6. The van der Waals surface area contributed by atoms with Crippen molar-refractivity contribution in [3.63, 3.8) is 0 Å². The highest BCUT2D eigenvalue weighted by Gasteiger charge is 2.24. The molecule has 21 heavy (non-hydrogen) atoms. The minimum Gasteiger partial charge on any atom is -0.486 e. The van der Waals surface area contributed by atoms with Gasteiger partial charge >= 0.3 is 0 Å². The molecule has 1 atom stereocenters. The first-order valence-corrected chi connectivity index (χ1v) is 8.14. The first-order chi connectivity index (χ1) is 10.1. The summed E-state index contributed by atoms with van der Waals surface area (Å²) in [6.07, 6.45) is -0.155. The summed E-state index contributed by atoms with van der Waals surface area (Å²) in [5.74, 6) is 1.48. The van der Waals surface area contributed by atoms with Gasteiger partial charge in [0, 0.05) is 7.05 Å². The van der Waals surface area contributed by atoms with Crippen molar-refractivity contribution in [2.75, 3.05) is 20.2 Å². The largest absolute Gasteiger partial charge is 0.486 e. The molecule has 4 nitrogen and oxygen atoms in total. The van der Waals surface area contributed by atoms with Crippen LogP contribution in [0.3, 0.4) is 0 Å². The van der Waals surface area contributed by atoms with E-state index >= 15 is 0 Å². The van der Waals surface area contributed by atoms with Crippen molar-refractivity contribution in [3.05, 3.63) is 45.1 Å². The Hall–Kier alpha value is -1.53. The number of fused-ring (bicyclic) bond motifs is 1. The summed E-state index contributed by atoms with van der Waals surface area (Å²) in [5.41, 5.74) is 0. The summed E-state index contributed by atoms with van der Waals surface area (Å²) >= 11 is 4.80. The minimum absolute atomic E-state index is 0.00633. The van der Waals surface area contributed by atoms with Crippen molar-refractivity contribution in [2.45, 2.75) is 6.10 Å². The molecule has 0 N–H and O–H groups in total. The fourth-order valence-electron chi connectivity index (χ4n) is 2.16. The Morgan fingerprint density at radius 2 is 2.10 bits per heavy atom. The van der Waals surface area contributed by atoms with Crippen LogP contribution in [0.5, 0.6) is 11.5 Å². The van der Waals surface area contributed by atoms with Gasteiger partial charge in [0.05, 0.1) is 15.2 Å². The number of hydrogen-bond donors (Lipinski definition) is 0. The van der Waals surface area contributed by atoms with Gasteiger partial charge in [-0.1, -0.05) is 12.1 Å². The molecule has 0 unspecified atom stereocenters. The summed E-state index contributed by atoms with van der Waals surface area (Å²) in [7, 11) is 1.78. The molecule has 2 heterocycles. The highest BCUT2D eigenvalue weighted by molar-refractivity contribution is 9.11. The number of halogens is 1. The number of rotatable bonds is 3. The maximum absolute atomic E-state index is 12.3. The molecule has 1 amide bonds. The molecule has 2 aromatic rings. The average Bonchev–Trinajstić information content (AvgIpc) is 2.93. The maximum atomic E-state index is 12.3. The van der Waals surface area contributed by atoms with Crippen LogP contribution in [0.2, 0.25) is 0 Å². The third kappa shape index (κ3) is 3.22. The van der Waals surface area contributed by atoms with Crippen molar-refractivity contribution in [1.82, 2.24) is 4.90 Å². The maximum Gasteiger partial charge on any atom is 0.263 e. The number of carbonyl (C=O) groups is 1. The van der Waals surface area contributed by atoms with E-state index in [-0.39, 0.29) is 12.0 Å². The zero-order chi connectivity index (χ0) is 14.8. The number of para-hydroxylation sites is 2. The van der Waals surface area contributed by atoms with Gasteiger partial charge in [-0.15, -0.1) is 11.3 Å². The third-order valence-corrected chi connectivity index (χ3v) is 4.79. The fraction of sp³-hybridized carbons (Fsp3) is 0.267. The number of ether oxygens (including phenoxy) is 2. The SMILES string of the molecule is CN(C[C@H]1COc2ccccc2O1)C(=O)c1ccc(Br)s1. The lowest BCUT2D eigenvalue weighted by Gasteiger charge is -2.29. The summed E-state index contributed by atoms with van der Waals surface area (Å²) < 4.78 is 12.5. The van der Waals surface area contributed by atoms with E-state index in [0.29, 0.717) is 18.0 Å². The first kappa shape index (κ1) is 14.4. The topological polar surface area (TPSA) is 38.8 Å². The quantitative estimate of drug-likeness (QED) is 0.834. The monoisotopic (exact) mass is 367 g/mol. The number of likely N-dealkylation sites (N-methyl/N-ethyl adjacent to an activating group) is 1. The highest BCUT2D eigenvalue weighted by Crippen LogP contribution is 2.31. The van der Waals surface area contributed by atoms with E-state index in [2.05, 4.69) is 15.9 Å². The minimum atomic E-state index is -0.155. The van der Waals surface area contributed by atoms with E-state index in [1.807, 2.05) is 36.4 Å². The lowest BCUT2D eigenvalue weighted by molar-refractivity contribution is 0.0524. The molecule has 1 aromatic carbocycles. The Morgan fingerprint density at radius 1 is 1.33 bits per heavy atom. The lowest BCUT2D eigenvalue weighted by atomic mass is 10.2. The number of benzene rings is 1. The molecular formula is C15H14BrNO3S. The van der Waals surface area contributed by atoms with E-state index in [1.54, 1.807) is 11.9 Å². The van der Waals surface area contributed by atoms with Crippen LogP contribution in [0, 0.1) is 0 Å². The van der Waals surface area contributed by atoms with Crippen LogP contribution >= 0.6 is 27.3 Å². The average molecular weight is 368 g/mol. The van der Waals surface area contributed by atoms with Gasteiger partial charge in [0.15, 0.2) is 17.6 Å². The number of carbonyl (C=O) groups excluding carboxylic acids is 1. The van der Waals surface area contributed by atoms with Crippen LogP contribution in [0.15, 0.2) is 40.2 Å². The summed E-state index contributed by atoms with van der Waals surface area (Å²) in [5, 5.41) is 0. The highest BCUT2D eigenvalue weighted by atomic mass is 79.9. The Kier molecular flexibility index (Phi) is 4.17. The molecule has 3 rings (SSSR count). The molecule has 0 aliphatic carbocycles. The Balaban J connectivity index is 1.63. The summed E-state index contributed by atoms with van der Waals surface area (Å²) in [6, 6.07) is 11.3. The van der Waals surface area contributed by atoms with Crippen molar-refractivity contribution in [1.29, 1.82) is 0 Å². The second-order valence-corrected chi connectivity index (χ2v) is 7.25. The fourth-order valence-corrected chi connectivity index (χ4v) is 3.54. The van der Waals surface area contributed by atoms with Crippen molar-refractivity contribution >= 4 is 33.2 Å². The molecule has 0 saturated carbocycles. The zero-order valence-corrected chi connectivity index (χ0v) is 13.8. The van der Waals surface area contributed by atoms with Crippen LogP contribution in [-0.2, 0) is 0 Å². The van der Waals surface area contributed by atoms with E-state index in [0.717, 1.165) is 15.3 Å². The predicted octanol–water partition coefficient (Wildman–Crippen LogP) is 3.42. The molecule has 0 fully saturated rings. The first-order valence-electron chi connectivity index (χ1n) is 6.53. The van der Waals surface area contributed by atoms with Gasteiger partial charge in [0.25, 0.3) is 5.91 Å². The second-order valence-electron chi connectivity index (χ2n) is 4.79. The van der Waals surface area contributed by atoms with Crippen LogP contribution in [0.1, 0.15) is 9.67 Å². The Morgan fingerprint density at radius 3 is 2.81 bits per heavy atom. The summed E-state index contributed by atoms with van der Waals surface area (Å²) in [6.45, 7) is 0.936. The van der Waals surface area contributed by atoms with E-state index < -0.39 is 0 Å². The van der Waals surface area contributed by atoms with Gasteiger partial charge in [-0.25, -0.2) is 0 Å². The molecule has 0 bridgehead atoms. The van der Waals surface area contributed by atoms with Crippen molar-refractivity contribution in [2.24, 2.45) is 0 Å². The number of thiophene rings is 1. The number of hydrogen-bond acceptors (Lipinski definition) is 4. The van der Waals surface area contributed by atoms with Crippen molar-refractivity contribution in [3.8, 4) is 11.5 Å². The van der Waals surface area contributed by atoms with Gasteiger partial charge in [-0.3, -0.25) is 4.79 Å². The van der Waals surface area contributed by atoms with Gasteiger partial charge < -0.3 is 14.4 Å². The zero-order valence-electron chi connectivity index (χ0n) is 11.4. The number of amides is 1. The van der Waals surface area contributed by atoms with Gasteiger partial charge in [-0.05, 0) is 40.2 Å². The summed E-state index contributed by atoms with van der Waals surface area (Å²) in [4.78, 5) is 14.7. The van der Waals surface area contributed by atoms with Crippen LogP contribution in [0.25, 0.3) is 0 Å². The molecular weight excluding hydrogens is 354 g/mol. The standard InChI is InChI=1S/C15H14BrNO3S/c1-17(15(18)13-6-7-14(16)21-13)8-10-9-19-11-4-2-3-5-12(11)20-10/h2-7,10H,8-9H2,1H3/t10-/m0/s1. The van der Waals surface area contributed by atoms with E-state index in [9.17, 15) is 4.79 Å². The molecule has 0 saturated heterocycles. The molecule has 110 valence electrons. The molecule has 0 radical (unpaired) electrons. The lowest BCUT2D eigenvalue weighted by Crippen LogP contribution is -2.41.